The Morgan fingerprint density at radius 1 is 0.950 bits per heavy atom. The number of rotatable bonds is 7. The van der Waals surface area contributed by atoms with E-state index in [-0.39, 0.29) is 12.4 Å². The van der Waals surface area contributed by atoms with Crippen molar-refractivity contribution < 1.29 is 0 Å². The van der Waals surface area contributed by atoms with Crippen LogP contribution in [0.4, 0.5) is 0 Å². The average Bonchev–Trinajstić information content (AvgIpc) is 2.38. The van der Waals surface area contributed by atoms with Crippen LogP contribution >= 0.6 is 12.4 Å². The molecule has 0 heterocycles. The third-order valence-electron chi connectivity index (χ3n) is 6.41. The van der Waals surface area contributed by atoms with Crippen molar-refractivity contribution in [3.05, 3.63) is 0 Å². The smallest absolute Gasteiger partial charge is 0.0152 e. The zero-order valence-corrected chi connectivity index (χ0v) is 14.3. The molecular weight excluding hydrogens is 266 g/mol. The van der Waals surface area contributed by atoms with Crippen molar-refractivity contribution in [2.45, 2.75) is 84.1 Å². The maximum atomic E-state index is 3.91. The van der Waals surface area contributed by atoms with E-state index in [1.165, 1.54) is 38.6 Å². The maximum absolute atomic E-state index is 3.91. The number of nitrogens with one attached hydrogen (secondary N) is 1. The van der Waals surface area contributed by atoms with E-state index in [1.807, 2.05) is 0 Å². The van der Waals surface area contributed by atoms with Crippen LogP contribution in [-0.4, -0.2) is 12.6 Å². The average molecular weight is 300 g/mol. The molecule has 0 amide bonds. The van der Waals surface area contributed by atoms with Crippen LogP contribution in [0, 0.1) is 23.2 Å². The lowest BCUT2D eigenvalue weighted by Crippen LogP contribution is -2.61. The Morgan fingerprint density at radius 2 is 1.65 bits per heavy atom. The van der Waals surface area contributed by atoms with Crippen LogP contribution in [0.1, 0.15) is 78.1 Å². The second-order valence-electron chi connectivity index (χ2n) is 7.82. The van der Waals surface area contributed by atoms with E-state index in [1.54, 1.807) is 32.1 Å². The molecule has 0 radical (unpaired) electrons. The van der Waals surface area contributed by atoms with E-state index >= 15 is 0 Å². The van der Waals surface area contributed by atoms with Gasteiger partial charge in [-0.05, 0) is 68.2 Å². The first-order valence-corrected chi connectivity index (χ1v) is 9.01. The standard InChI is InChI=1S/C18H33N.ClH/c1-3-5-6-7-8-18-12-14-9-15(13-18)11-16(10-14)17(18)19-4-2;/h14-17,19H,3-13H2,1-2H3;1H/t14-,15+,16?,17?,18?;. The summed E-state index contributed by atoms with van der Waals surface area (Å²) in [7, 11) is 0. The summed E-state index contributed by atoms with van der Waals surface area (Å²) < 4.78 is 0. The van der Waals surface area contributed by atoms with Gasteiger partial charge in [-0.3, -0.25) is 0 Å². The zero-order valence-electron chi connectivity index (χ0n) is 13.5. The molecule has 0 spiro atoms. The topological polar surface area (TPSA) is 12.0 Å². The monoisotopic (exact) mass is 299 g/mol. The van der Waals surface area contributed by atoms with Gasteiger partial charge >= 0.3 is 0 Å². The zero-order chi connectivity index (χ0) is 13.3. The lowest BCUT2D eigenvalue weighted by atomic mass is 9.46. The predicted octanol–water partition coefficient (Wildman–Crippen LogP) is 5.18. The third-order valence-corrected chi connectivity index (χ3v) is 6.41. The fourth-order valence-corrected chi connectivity index (χ4v) is 6.08. The SMILES string of the molecule is CCCCCCC12C[C@@H]3CC(C[C@@H](C3)C1)C2NCC.Cl. The minimum Gasteiger partial charge on any atom is -0.313 e. The third kappa shape index (κ3) is 3.04. The summed E-state index contributed by atoms with van der Waals surface area (Å²) in [5.41, 5.74) is 0.707. The Kier molecular flexibility index (Phi) is 5.82. The van der Waals surface area contributed by atoms with Gasteiger partial charge in [0.15, 0.2) is 0 Å². The summed E-state index contributed by atoms with van der Waals surface area (Å²) in [4.78, 5) is 0. The molecule has 4 fully saturated rings. The molecule has 20 heavy (non-hydrogen) atoms. The Balaban J connectivity index is 0.00000147. The molecule has 3 unspecified atom stereocenters. The second-order valence-corrected chi connectivity index (χ2v) is 7.82. The molecular formula is C18H34ClN. The number of halogens is 1. The number of hydrogen-bond donors (Lipinski definition) is 1. The highest BCUT2D eigenvalue weighted by molar-refractivity contribution is 5.85. The minimum atomic E-state index is 0. The molecule has 1 N–H and O–H groups in total. The van der Waals surface area contributed by atoms with Crippen LogP contribution < -0.4 is 5.32 Å². The summed E-state index contributed by atoms with van der Waals surface area (Å²) in [6.07, 6.45) is 15.1. The van der Waals surface area contributed by atoms with Gasteiger partial charge in [-0.25, -0.2) is 0 Å². The highest BCUT2D eigenvalue weighted by atomic mass is 35.5. The van der Waals surface area contributed by atoms with Crippen LogP contribution in [0.25, 0.3) is 0 Å². The van der Waals surface area contributed by atoms with Crippen molar-refractivity contribution in [3.63, 3.8) is 0 Å². The maximum Gasteiger partial charge on any atom is 0.0152 e. The summed E-state index contributed by atoms with van der Waals surface area (Å²) in [5, 5.41) is 3.91. The Bertz CT molecular complexity index is 290. The van der Waals surface area contributed by atoms with Crippen molar-refractivity contribution in [1.82, 2.24) is 5.32 Å². The predicted molar refractivity (Wildman–Crippen MR) is 89.5 cm³/mol. The summed E-state index contributed by atoms with van der Waals surface area (Å²) in [6, 6.07) is 0.868. The van der Waals surface area contributed by atoms with Crippen molar-refractivity contribution in [3.8, 4) is 0 Å². The molecule has 4 bridgehead atoms. The van der Waals surface area contributed by atoms with Crippen molar-refractivity contribution in [1.29, 1.82) is 0 Å². The number of unbranched alkanes of at least 4 members (excludes halogenated alkanes) is 3. The first-order chi connectivity index (χ1) is 9.27. The summed E-state index contributed by atoms with van der Waals surface area (Å²) in [6.45, 7) is 5.80. The van der Waals surface area contributed by atoms with Gasteiger partial charge in [-0.2, -0.15) is 0 Å². The summed E-state index contributed by atoms with van der Waals surface area (Å²) in [5.74, 6) is 3.22. The molecule has 5 atom stereocenters. The molecule has 4 saturated carbocycles. The van der Waals surface area contributed by atoms with Crippen LogP contribution in [0.3, 0.4) is 0 Å². The molecule has 4 rings (SSSR count). The van der Waals surface area contributed by atoms with Gasteiger partial charge in [0, 0.05) is 6.04 Å². The highest BCUT2D eigenvalue weighted by Gasteiger charge is 2.55. The molecule has 2 heteroatoms. The van der Waals surface area contributed by atoms with Crippen LogP contribution in [0.15, 0.2) is 0 Å². The first kappa shape index (κ1) is 16.6. The Hall–Kier alpha value is 0.250. The molecule has 0 aliphatic heterocycles. The first-order valence-electron chi connectivity index (χ1n) is 9.01. The molecule has 0 aromatic carbocycles. The lowest BCUT2D eigenvalue weighted by molar-refractivity contribution is -0.0894. The fourth-order valence-electron chi connectivity index (χ4n) is 6.08. The Labute approximate surface area is 132 Å². The van der Waals surface area contributed by atoms with Gasteiger partial charge < -0.3 is 5.32 Å². The van der Waals surface area contributed by atoms with E-state index in [0.717, 1.165) is 23.8 Å². The highest BCUT2D eigenvalue weighted by Crippen LogP contribution is 2.61. The fraction of sp³-hybridized carbons (Fsp3) is 1.00. The van der Waals surface area contributed by atoms with E-state index in [4.69, 9.17) is 0 Å². The van der Waals surface area contributed by atoms with Crippen molar-refractivity contribution >= 4 is 12.4 Å². The van der Waals surface area contributed by atoms with Crippen LogP contribution in [-0.2, 0) is 0 Å². The second kappa shape index (κ2) is 7.01. The van der Waals surface area contributed by atoms with Crippen LogP contribution in [0.5, 0.6) is 0 Å². The van der Waals surface area contributed by atoms with E-state index < -0.39 is 0 Å². The van der Waals surface area contributed by atoms with Gasteiger partial charge in [0.2, 0.25) is 0 Å². The van der Waals surface area contributed by atoms with Crippen molar-refractivity contribution in [2.24, 2.45) is 23.2 Å². The lowest BCUT2D eigenvalue weighted by Gasteiger charge is -2.62. The Morgan fingerprint density at radius 3 is 2.25 bits per heavy atom. The van der Waals surface area contributed by atoms with Gasteiger partial charge in [0.05, 0.1) is 0 Å². The van der Waals surface area contributed by atoms with E-state index in [0.29, 0.717) is 5.41 Å². The molecule has 118 valence electrons. The number of hydrogen-bond acceptors (Lipinski definition) is 1. The minimum absolute atomic E-state index is 0. The van der Waals surface area contributed by atoms with E-state index in [2.05, 4.69) is 19.2 Å². The molecule has 0 saturated heterocycles. The molecule has 0 aromatic heterocycles. The van der Waals surface area contributed by atoms with Crippen LogP contribution in [0.2, 0.25) is 0 Å². The van der Waals surface area contributed by atoms with Gasteiger partial charge in [-0.1, -0.05) is 39.5 Å². The van der Waals surface area contributed by atoms with E-state index in [9.17, 15) is 0 Å². The largest absolute Gasteiger partial charge is 0.313 e. The van der Waals surface area contributed by atoms with Crippen molar-refractivity contribution in [2.75, 3.05) is 6.54 Å². The van der Waals surface area contributed by atoms with Gasteiger partial charge in [0.25, 0.3) is 0 Å². The molecule has 1 nitrogen and oxygen atoms in total. The van der Waals surface area contributed by atoms with Gasteiger partial charge in [-0.15, -0.1) is 12.4 Å². The molecule has 4 aliphatic rings. The normalized spacial score (nSPS) is 41.7. The molecule has 0 aromatic rings. The molecule has 4 aliphatic carbocycles. The quantitative estimate of drug-likeness (QED) is 0.638. The summed E-state index contributed by atoms with van der Waals surface area (Å²) >= 11 is 0. The van der Waals surface area contributed by atoms with Gasteiger partial charge in [0.1, 0.15) is 0 Å².